The number of anilines is 2. The zero-order chi connectivity index (χ0) is 10.1. The Hall–Kier alpha value is -1.48. The summed E-state index contributed by atoms with van der Waals surface area (Å²) in [5.41, 5.74) is 7.97. The molecular weight excluding hydrogens is 198 g/mol. The maximum atomic E-state index is 5.90. The number of nitrogen functional groups attached to an aromatic ring is 1. The van der Waals surface area contributed by atoms with Gasteiger partial charge in [-0.25, -0.2) is 4.98 Å². The van der Waals surface area contributed by atoms with Crippen molar-refractivity contribution in [3.8, 4) is 0 Å². The van der Waals surface area contributed by atoms with Crippen molar-refractivity contribution in [3.63, 3.8) is 0 Å². The van der Waals surface area contributed by atoms with Crippen molar-refractivity contribution in [1.82, 2.24) is 4.98 Å². The van der Waals surface area contributed by atoms with Crippen LogP contribution in [0.3, 0.4) is 0 Å². The molecule has 0 radical (unpaired) electrons. The molecule has 0 saturated heterocycles. The summed E-state index contributed by atoms with van der Waals surface area (Å²) < 4.78 is 0. The normalized spacial score (nSPS) is 10.4. The fraction of sp³-hybridized carbons (Fsp3) is 0.100. The van der Waals surface area contributed by atoms with Gasteiger partial charge in [0.25, 0.3) is 0 Å². The van der Waals surface area contributed by atoms with E-state index in [2.05, 4.69) is 10.3 Å². The van der Waals surface area contributed by atoms with Gasteiger partial charge in [-0.2, -0.15) is 0 Å². The van der Waals surface area contributed by atoms with E-state index in [0.717, 1.165) is 16.6 Å². The molecule has 0 bridgehead atoms. The van der Waals surface area contributed by atoms with Gasteiger partial charge in [0.1, 0.15) is 0 Å². The van der Waals surface area contributed by atoms with Crippen LogP contribution in [0.1, 0.15) is 0 Å². The number of rotatable bonds is 1. The minimum atomic E-state index is 0.341. The van der Waals surface area contributed by atoms with Gasteiger partial charge in [-0.3, -0.25) is 0 Å². The van der Waals surface area contributed by atoms with Crippen LogP contribution in [0.4, 0.5) is 11.4 Å². The second-order valence-corrected chi connectivity index (χ2v) is 3.32. The number of hydrogen-bond donors (Lipinski definition) is 2. The van der Waals surface area contributed by atoms with E-state index in [9.17, 15) is 0 Å². The Kier molecular flexibility index (Phi) is 2.17. The molecule has 1 heterocycles. The topological polar surface area (TPSA) is 50.9 Å². The number of nitrogens with zero attached hydrogens (tertiary/aromatic N) is 1. The first-order valence-electron chi connectivity index (χ1n) is 4.25. The summed E-state index contributed by atoms with van der Waals surface area (Å²) >= 11 is 5.90. The number of nitrogens with two attached hydrogens (primary N) is 1. The molecule has 0 atom stereocenters. The largest absolute Gasteiger partial charge is 0.395 e. The third kappa shape index (κ3) is 1.26. The van der Waals surface area contributed by atoms with Gasteiger partial charge in [-0.05, 0) is 6.07 Å². The second-order valence-electron chi connectivity index (χ2n) is 2.96. The Bertz CT molecular complexity index is 482. The van der Waals surface area contributed by atoms with Gasteiger partial charge in [0.05, 0.1) is 16.9 Å². The van der Waals surface area contributed by atoms with E-state index in [4.69, 9.17) is 17.3 Å². The minimum Gasteiger partial charge on any atom is -0.395 e. The van der Waals surface area contributed by atoms with Crippen LogP contribution >= 0.6 is 11.6 Å². The number of nitrogens with one attached hydrogen (secondary N) is 1. The summed E-state index contributed by atoms with van der Waals surface area (Å²) in [6.07, 6.45) is 0. The molecule has 0 spiro atoms. The molecule has 0 aliphatic rings. The molecule has 14 heavy (non-hydrogen) atoms. The minimum absolute atomic E-state index is 0.341. The molecule has 72 valence electrons. The fourth-order valence-corrected chi connectivity index (χ4v) is 1.65. The summed E-state index contributed by atoms with van der Waals surface area (Å²) in [4.78, 5) is 4.18. The van der Waals surface area contributed by atoms with Crippen molar-refractivity contribution in [2.24, 2.45) is 0 Å². The van der Waals surface area contributed by atoms with Crippen molar-refractivity contribution in [2.75, 3.05) is 18.1 Å². The highest BCUT2D eigenvalue weighted by atomic mass is 35.5. The number of para-hydroxylation sites is 1. The molecule has 4 heteroatoms. The summed E-state index contributed by atoms with van der Waals surface area (Å²) in [7, 11) is 1.81. The van der Waals surface area contributed by atoms with Crippen LogP contribution in [0.15, 0.2) is 24.3 Å². The summed E-state index contributed by atoms with van der Waals surface area (Å²) in [6.45, 7) is 0. The van der Waals surface area contributed by atoms with Gasteiger partial charge in [0, 0.05) is 12.4 Å². The predicted molar refractivity (Wildman–Crippen MR) is 60.7 cm³/mol. The molecular formula is C10H10ClN3. The van der Waals surface area contributed by atoms with Gasteiger partial charge in [0.2, 0.25) is 0 Å². The average Bonchev–Trinajstić information content (AvgIpc) is 2.20. The Morgan fingerprint density at radius 1 is 1.36 bits per heavy atom. The quantitative estimate of drug-likeness (QED) is 0.707. The van der Waals surface area contributed by atoms with Crippen LogP contribution in [-0.2, 0) is 0 Å². The molecule has 2 rings (SSSR count). The molecule has 2 aromatic rings. The third-order valence-corrected chi connectivity index (χ3v) is 2.42. The highest BCUT2D eigenvalue weighted by Crippen LogP contribution is 2.32. The molecule has 3 nitrogen and oxygen atoms in total. The van der Waals surface area contributed by atoms with Crippen molar-refractivity contribution in [1.29, 1.82) is 0 Å². The lowest BCUT2D eigenvalue weighted by Crippen LogP contribution is -1.99. The first kappa shape index (κ1) is 9.09. The van der Waals surface area contributed by atoms with Crippen molar-refractivity contribution in [2.45, 2.75) is 0 Å². The van der Waals surface area contributed by atoms with Gasteiger partial charge in [-0.15, -0.1) is 0 Å². The summed E-state index contributed by atoms with van der Waals surface area (Å²) in [5.74, 6) is 0. The zero-order valence-electron chi connectivity index (χ0n) is 7.71. The molecule has 0 fully saturated rings. The van der Waals surface area contributed by atoms with E-state index in [-0.39, 0.29) is 0 Å². The number of hydrogen-bond acceptors (Lipinski definition) is 3. The van der Waals surface area contributed by atoms with Gasteiger partial charge in [-0.1, -0.05) is 29.8 Å². The van der Waals surface area contributed by atoms with E-state index in [1.54, 1.807) is 0 Å². The molecule has 0 unspecified atom stereocenters. The molecule has 1 aromatic carbocycles. The van der Waals surface area contributed by atoms with E-state index in [0.29, 0.717) is 10.8 Å². The Balaban J connectivity index is 2.89. The third-order valence-electron chi connectivity index (χ3n) is 2.13. The predicted octanol–water partition coefficient (Wildman–Crippen LogP) is 2.51. The average molecular weight is 208 g/mol. The number of benzene rings is 1. The lowest BCUT2D eigenvalue weighted by atomic mass is 10.1. The van der Waals surface area contributed by atoms with Crippen LogP contribution < -0.4 is 11.1 Å². The van der Waals surface area contributed by atoms with Gasteiger partial charge < -0.3 is 11.1 Å². The Morgan fingerprint density at radius 3 is 2.79 bits per heavy atom. The van der Waals surface area contributed by atoms with Crippen molar-refractivity contribution >= 4 is 33.9 Å². The summed E-state index contributed by atoms with van der Waals surface area (Å²) in [6, 6.07) is 7.72. The number of pyridine rings is 1. The molecule has 0 aliphatic heterocycles. The van der Waals surface area contributed by atoms with Gasteiger partial charge in [0.15, 0.2) is 5.15 Å². The van der Waals surface area contributed by atoms with E-state index in [1.165, 1.54) is 0 Å². The highest BCUT2D eigenvalue weighted by molar-refractivity contribution is 6.33. The lowest BCUT2D eigenvalue weighted by Gasteiger charge is -2.09. The smallest absolute Gasteiger partial charge is 0.154 e. The van der Waals surface area contributed by atoms with E-state index in [1.807, 2.05) is 31.3 Å². The molecule has 0 saturated carbocycles. The van der Waals surface area contributed by atoms with E-state index < -0.39 is 0 Å². The molecule has 0 amide bonds. The monoisotopic (exact) mass is 207 g/mol. The van der Waals surface area contributed by atoms with E-state index >= 15 is 0 Å². The Labute approximate surface area is 86.9 Å². The van der Waals surface area contributed by atoms with Crippen LogP contribution in [-0.4, -0.2) is 12.0 Å². The van der Waals surface area contributed by atoms with Gasteiger partial charge >= 0.3 is 0 Å². The maximum absolute atomic E-state index is 5.90. The number of halogens is 1. The lowest BCUT2D eigenvalue weighted by molar-refractivity contribution is 1.39. The maximum Gasteiger partial charge on any atom is 0.154 e. The zero-order valence-corrected chi connectivity index (χ0v) is 8.47. The van der Waals surface area contributed by atoms with Crippen molar-refractivity contribution < 1.29 is 0 Å². The highest BCUT2D eigenvalue weighted by Gasteiger charge is 2.08. The standard InChI is InChI=1S/C10H10ClN3/c1-13-9-6-4-2-3-5-7(6)14-10(11)8(9)12/h2-5H,12H2,1H3,(H,13,14). The van der Waals surface area contributed by atoms with Crippen LogP contribution in [0.25, 0.3) is 10.9 Å². The van der Waals surface area contributed by atoms with Crippen molar-refractivity contribution in [3.05, 3.63) is 29.4 Å². The fourth-order valence-electron chi connectivity index (χ4n) is 1.47. The second kappa shape index (κ2) is 3.35. The summed E-state index contributed by atoms with van der Waals surface area (Å²) in [5, 5.41) is 4.35. The first-order chi connectivity index (χ1) is 6.74. The SMILES string of the molecule is CNc1c(N)c(Cl)nc2ccccc12. The van der Waals surface area contributed by atoms with Crippen LogP contribution in [0, 0.1) is 0 Å². The van der Waals surface area contributed by atoms with Crippen LogP contribution in [0.2, 0.25) is 5.15 Å². The molecule has 1 aromatic heterocycles. The number of fused-ring (bicyclic) bond motifs is 1. The molecule has 3 N–H and O–H groups in total. The van der Waals surface area contributed by atoms with Crippen LogP contribution in [0.5, 0.6) is 0 Å². The molecule has 0 aliphatic carbocycles. The number of aromatic nitrogens is 1. The first-order valence-corrected chi connectivity index (χ1v) is 4.63. The Morgan fingerprint density at radius 2 is 2.07 bits per heavy atom.